The first-order chi connectivity index (χ1) is 7.44. The number of hydrogen-bond acceptors (Lipinski definition) is 4. The molecule has 0 aliphatic carbocycles. The van der Waals surface area contributed by atoms with Gasteiger partial charge in [-0.15, -0.1) is 0 Å². The largest absolute Gasteiger partial charge is 0.389 e. The Bertz CT molecular complexity index is 313. The molecule has 4 heteroatoms. The van der Waals surface area contributed by atoms with Crippen molar-refractivity contribution in [2.45, 2.75) is 76.5 Å². The van der Waals surface area contributed by atoms with E-state index in [1.165, 1.54) is 0 Å². The van der Waals surface area contributed by atoms with Crippen LogP contribution in [0, 0.1) is 5.41 Å². The Balaban J connectivity index is 2.43. The van der Waals surface area contributed by atoms with Crippen LogP contribution in [0.15, 0.2) is 0 Å². The highest BCUT2D eigenvalue weighted by Crippen LogP contribution is 2.56. The van der Waals surface area contributed by atoms with Gasteiger partial charge >= 0.3 is 0 Å². The standard InChI is InChI=1S/C13H24O4/c1-10(2,3)13(16)6-11(4)8(14)9(15)12(5,7-13)17-11/h8-9,14-16H,6-7H2,1-5H3/t8-,9+,11+,12-,13?. The van der Waals surface area contributed by atoms with E-state index in [2.05, 4.69) is 0 Å². The SMILES string of the molecule is CC(C)(C)C1(O)C[C@@]2(C)O[C@@](C)(C1)[C@H](O)[C@@H]2O. The average molecular weight is 244 g/mol. The highest BCUT2D eigenvalue weighted by Gasteiger charge is 2.67. The van der Waals surface area contributed by atoms with Crippen LogP contribution < -0.4 is 0 Å². The fraction of sp³-hybridized carbons (Fsp3) is 1.00. The molecule has 0 spiro atoms. The Morgan fingerprint density at radius 3 is 1.65 bits per heavy atom. The molecule has 5 atom stereocenters. The lowest BCUT2D eigenvalue weighted by Crippen LogP contribution is -2.58. The van der Waals surface area contributed by atoms with Crippen molar-refractivity contribution < 1.29 is 20.1 Å². The summed E-state index contributed by atoms with van der Waals surface area (Å²) in [7, 11) is 0. The molecular formula is C13H24O4. The fourth-order valence-corrected chi connectivity index (χ4v) is 3.36. The van der Waals surface area contributed by atoms with Crippen LogP contribution >= 0.6 is 0 Å². The van der Waals surface area contributed by atoms with Gasteiger partial charge in [-0.05, 0) is 19.3 Å². The number of aliphatic hydroxyl groups excluding tert-OH is 2. The monoisotopic (exact) mass is 244 g/mol. The number of ether oxygens (including phenoxy) is 1. The lowest BCUT2D eigenvalue weighted by atomic mass is 9.66. The maximum atomic E-state index is 10.9. The maximum absolute atomic E-state index is 10.9. The third kappa shape index (κ3) is 1.65. The zero-order chi connectivity index (χ0) is 13.3. The van der Waals surface area contributed by atoms with E-state index < -0.39 is 29.0 Å². The third-order valence-electron chi connectivity index (χ3n) is 4.70. The summed E-state index contributed by atoms with van der Waals surface area (Å²) in [4.78, 5) is 0. The van der Waals surface area contributed by atoms with Crippen molar-refractivity contribution in [2.75, 3.05) is 0 Å². The maximum Gasteiger partial charge on any atom is 0.111 e. The molecule has 100 valence electrons. The molecule has 2 bridgehead atoms. The smallest absolute Gasteiger partial charge is 0.111 e. The second-order valence-corrected chi connectivity index (χ2v) is 7.25. The predicted molar refractivity (Wildman–Crippen MR) is 63.5 cm³/mol. The summed E-state index contributed by atoms with van der Waals surface area (Å²) in [6.45, 7) is 9.46. The minimum atomic E-state index is -0.941. The Kier molecular flexibility index (Phi) is 2.53. The van der Waals surface area contributed by atoms with Crippen molar-refractivity contribution in [3.8, 4) is 0 Å². The molecule has 0 saturated carbocycles. The molecule has 2 rings (SSSR count). The minimum Gasteiger partial charge on any atom is -0.389 e. The van der Waals surface area contributed by atoms with Crippen LogP contribution in [0.25, 0.3) is 0 Å². The Hall–Kier alpha value is -0.160. The number of aliphatic hydroxyl groups is 3. The van der Waals surface area contributed by atoms with Crippen molar-refractivity contribution in [2.24, 2.45) is 5.41 Å². The van der Waals surface area contributed by atoms with Gasteiger partial charge in [0.25, 0.3) is 0 Å². The Morgan fingerprint density at radius 1 is 1.00 bits per heavy atom. The second kappa shape index (κ2) is 3.23. The van der Waals surface area contributed by atoms with E-state index in [-0.39, 0.29) is 5.41 Å². The van der Waals surface area contributed by atoms with Gasteiger partial charge in [0.1, 0.15) is 12.2 Å². The third-order valence-corrected chi connectivity index (χ3v) is 4.70. The Morgan fingerprint density at radius 2 is 1.35 bits per heavy atom. The van der Waals surface area contributed by atoms with Crippen LogP contribution in [0.5, 0.6) is 0 Å². The molecule has 2 saturated heterocycles. The molecule has 2 aliphatic heterocycles. The molecule has 0 aromatic carbocycles. The van der Waals surface area contributed by atoms with Gasteiger partial charge in [-0.1, -0.05) is 20.8 Å². The molecular weight excluding hydrogens is 220 g/mol. The summed E-state index contributed by atoms with van der Waals surface area (Å²) in [5.74, 6) is 0. The van der Waals surface area contributed by atoms with Gasteiger partial charge in [-0.3, -0.25) is 0 Å². The average Bonchev–Trinajstić information content (AvgIpc) is 2.22. The van der Waals surface area contributed by atoms with Crippen LogP contribution in [0.3, 0.4) is 0 Å². The lowest BCUT2D eigenvalue weighted by Gasteiger charge is -2.51. The minimum absolute atomic E-state index is 0.316. The summed E-state index contributed by atoms with van der Waals surface area (Å²) >= 11 is 0. The summed E-state index contributed by atoms with van der Waals surface area (Å²) < 4.78 is 5.83. The summed E-state index contributed by atoms with van der Waals surface area (Å²) in [6.07, 6.45) is -1.19. The zero-order valence-corrected chi connectivity index (χ0v) is 11.3. The second-order valence-electron chi connectivity index (χ2n) is 7.25. The normalized spacial score (nSPS) is 55.1. The van der Waals surface area contributed by atoms with Gasteiger partial charge in [0, 0.05) is 12.8 Å². The molecule has 1 unspecified atom stereocenters. The van der Waals surface area contributed by atoms with E-state index in [0.29, 0.717) is 12.8 Å². The van der Waals surface area contributed by atoms with Crippen molar-refractivity contribution in [3.63, 3.8) is 0 Å². The summed E-state index contributed by atoms with van der Waals surface area (Å²) in [6, 6.07) is 0. The highest BCUT2D eigenvalue weighted by molar-refractivity contribution is 5.17. The first kappa shape index (κ1) is 13.3. The summed E-state index contributed by atoms with van der Waals surface area (Å²) in [5.41, 5.74) is -2.99. The van der Waals surface area contributed by atoms with Gasteiger partial charge < -0.3 is 20.1 Å². The van der Waals surface area contributed by atoms with Gasteiger partial charge in [0.15, 0.2) is 0 Å². The van der Waals surface area contributed by atoms with Crippen molar-refractivity contribution >= 4 is 0 Å². The topological polar surface area (TPSA) is 69.9 Å². The van der Waals surface area contributed by atoms with Gasteiger partial charge in [0.05, 0.1) is 16.8 Å². The van der Waals surface area contributed by atoms with E-state index in [0.717, 1.165) is 0 Å². The van der Waals surface area contributed by atoms with E-state index >= 15 is 0 Å². The number of rotatable bonds is 0. The molecule has 3 N–H and O–H groups in total. The van der Waals surface area contributed by atoms with E-state index in [1.807, 2.05) is 20.8 Å². The zero-order valence-electron chi connectivity index (χ0n) is 11.3. The molecule has 17 heavy (non-hydrogen) atoms. The molecule has 2 heterocycles. The van der Waals surface area contributed by atoms with Gasteiger partial charge in [0.2, 0.25) is 0 Å². The first-order valence-corrected chi connectivity index (χ1v) is 6.22. The predicted octanol–water partition coefficient (Wildman–Crippen LogP) is 0.827. The quantitative estimate of drug-likeness (QED) is 0.590. The molecule has 0 aromatic heterocycles. The highest BCUT2D eigenvalue weighted by atomic mass is 16.6. The van der Waals surface area contributed by atoms with Crippen LogP contribution in [0.1, 0.15) is 47.5 Å². The van der Waals surface area contributed by atoms with Crippen molar-refractivity contribution in [3.05, 3.63) is 0 Å². The molecule has 4 nitrogen and oxygen atoms in total. The van der Waals surface area contributed by atoms with Gasteiger partial charge in [-0.25, -0.2) is 0 Å². The molecule has 0 aromatic rings. The van der Waals surface area contributed by atoms with Crippen LogP contribution in [-0.4, -0.2) is 44.3 Å². The van der Waals surface area contributed by atoms with E-state index in [4.69, 9.17) is 4.74 Å². The van der Waals surface area contributed by atoms with Crippen LogP contribution in [0.4, 0.5) is 0 Å². The van der Waals surface area contributed by atoms with Crippen LogP contribution in [-0.2, 0) is 4.74 Å². The molecule has 2 fully saturated rings. The molecule has 0 radical (unpaired) electrons. The fourth-order valence-electron chi connectivity index (χ4n) is 3.36. The number of hydrogen-bond donors (Lipinski definition) is 3. The van der Waals surface area contributed by atoms with Crippen molar-refractivity contribution in [1.82, 2.24) is 0 Å². The lowest BCUT2D eigenvalue weighted by molar-refractivity contribution is -0.237. The van der Waals surface area contributed by atoms with E-state index in [9.17, 15) is 15.3 Å². The first-order valence-electron chi connectivity index (χ1n) is 6.22. The molecule has 0 amide bonds. The number of fused-ring (bicyclic) bond motifs is 2. The Labute approximate surface area is 103 Å². The summed E-state index contributed by atoms with van der Waals surface area (Å²) in [5, 5.41) is 31.1. The van der Waals surface area contributed by atoms with Crippen LogP contribution in [0.2, 0.25) is 0 Å². The van der Waals surface area contributed by atoms with E-state index in [1.54, 1.807) is 13.8 Å². The van der Waals surface area contributed by atoms with Crippen molar-refractivity contribution in [1.29, 1.82) is 0 Å². The molecule has 2 aliphatic rings. The van der Waals surface area contributed by atoms with Gasteiger partial charge in [-0.2, -0.15) is 0 Å².